The molecule has 0 bridgehead atoms. The maximum Gasteiger partial charge on any atom is 0.204 e. The highest BCUT2D eigenvalue weighted by atomic mass is 16.1. The van der Waals surface area contributed by atoms with E-state index in [0.29, 0.717) is 17.1 Å². The fraction of sp³-hybridized carbons (Fsp3) is 0.400. The Labute approximate surface area is 227 Å². The highest BCUT2D eigenvalue weighted by Gasteiger charge is 2.17. The summed E-state index contributed by atoms with van der Waals surface area (Å²) in [4.78, 5) is 22.0. The number of anilines is 3. The molecule has 0 heterocycles. The van der Waals surface area contributed by atoms with Crippen molar-refractivity contribution >= 4 is 34.2 Å². The van der Waals surface area contributed by atoms with E-state index < -0.39 is 0 Å². The van der Waals surface area contributed by atoms with Crippen LogP contribution in [0.2, 0.25) is 0 Å². The summed E-state index contributed by atoms with van der Waals surface area (Å²) in [5, 5.41) is 10.1. The fourth-order valence-electron chi connectivity index (χ4n) is 4.19. The lowest BCUT2D eigenvalue weighted by Gasteiger charge is -2.18. The summed E-state index contributed by atoms with van der Waals surface area (Å²) in [6.45, 7) is 16.7. The van der Waals surface area contributed by atoms with E-state index in [4.69, 9.17) is 5.73 Å². The van der Waals surface area contributed by atoms with Crippen LogP contribution >= 0.6 is 0 Å². The van der Waals surface area contributed by atoms with Gasteiger partial charge in [0.25, 0.3) is 0 Å². The average Bonchev–Trinajstić information content (AvgIpc) is 2.93. The molecule has 3 rings (SSSR count). The van der Waals surface area contributed by atoms with E-state index in [1.807, 2.05) is 48.5 Å². The third-order valence-corrected chi connectivity index (χ3v) is 6.71. The number of carbonyl (C=O) groups excluding carboxylic acids is 1. The first-order chi connectivity index (χ1) is 18.4. The van der Waals surface area contributed by atoms with Crippen molar-refractivity contribution in [3.63, 3.8) is 0 Å². The lowest BCUT2D eigenvalue weighted by atomic mass is 10.1. The number of nitrogens with zero attached hydrogens (tertiary/aromatic N) is 3. The molecule has 8 nitrogen and oxygen atoms in total. The molecule has 0 fully saturated rings. The van der Waals surface area contributed by atoms with Crippen molar-refractivity contribution in [1.29, 1.82) is 0 Å². The van der Waals surface area contributed by atoms with Gasteiger partial charge in [0.2, 0.25) is 5.78 Å². The zero-order chi connectivity index (χ0) is 27.3. The molecule has 1 aliphatic carbocycles. The SMILES string of the molecule is CCN(CC)CCNc1ccc(/N=C2\C=C(Nc3ccc(NCCN(CC)CC)cc3)C(=O)C=C2N)cc1. The monoisotopic (exact) mass is 517 g/mol. The standard InChI is InChI=1S/C30H43N7O/c1-5-36(6-2)19-17-32-23-9-13-25(14-10-23)34-28-22-29(30(38)21-27(28)31)35-26-15-11-24(12-16-26)33-18-20-37(7-3)8-4/h9-16,21-22,32-33,35H,5-8,17-20,31H2,1-4H3/b34-28+. The van der Waals surface area contributed by atoms with Crippen molar-refractivity contribution in [2.45, 2.75) is 27.7 Å². The molecule has 0 radical (unpaired) electrons. The van der Waals surface area contributed by atoms with Crippen LogP contribution in [-0.2, 0) is 4.79 Å². The number of ketones is 1. The maximum atomic E-state index is 12.6. The van der Waals surface area contributed by atoms with Crippen molar-refractivity contribution in [2.24, 2.45) is 10.7 Å². The molecule has 0 unspecified atom stereocenters. The second-order valence-corrected chi connectivity index (χ2v) is 9.18. The Hall–Kier alpha value is -3.62. The van der Waals surface area contributed by atoms with Crippen molar-refractivity contribution in [3.05, 3.63) is 72.1 Å². The Bertz CT molecular complexity index is 1110. The minimum Gasteiger partial charge on any atom is -0.397 e. The Balaban J connectivity index is 1.60. The summed E-state index contributed by atoms with van der Waals surface area (Å²) in [7, 11) is 0. The van der Waals surface area contributed by atoms with Gasteiger partial charge in [-0.05, 0) is 80.8 Å². The summed E-state index contributed by atoms with van der Waals surface area (Å²) in [5.41, 5.74) is 11.2. The van der Waals surface area contributed by atoms with Crippen LogP contribution in [0.5, 0.6) is 0 Å². The summed E-state index contributed by atoms with van der Waals surface area (Å²) in [6, 6.07) is 15.8. The molecule has 8 heteroatoms. The normalized spacial score (nSPS) is 14.6. The Kier molecular flexibility index (Phi) is 11.4. The molecule has 0 atom stereocenters. The molecule has 204 valence electrons. The van der Waals surface area contributed by atoms with E-state index >= 15 is 0 Å². The summed E-state index contributed by atoms with van der Waals surface area (Å²) in [5.74, 6) is -0.171. The lowest BCUT2D eigenvalue weighted by molar-refractivity contribution is -0.111. The molecule has 0 spiro atoms. The second kappa shape index (κ2) is 15.0. The van der Waals surface area contributed by atoms with E-state index in [-0.39, 0.29) is 5.78 Å². The van der Waals surface area contributed by atoms with Crippen LogP contribution in [0.3, 0.4) is 0 Å². The highest BCUT2D eigenvalue weighted by molar-refractivity contribution is 6.23. The summed E-state index contributed by atoms with van der Waals surface area (Å²) in [6.07, 6.45) is 3.14. The number of hydrogen-bond donors (Lipinski definition) is 4. The van der Waals surface area contributed by atoms with Crippen LogP contribution in [0.25, 0.3) is 0 Å². The highest BCUT2D eigenvalue weighted by Crippen LogP contribution is 2.21. The Morgan fingerprint density at radius 3 is 1.68 bits per heavy atom. The molecule has 0 aliphatic heterocycles. The van der Waals surface area contributed by atoms with E-state index in [2.05, 4.69) is 58.4 Å². The summed E-state index contributed by atoms with van der Waals surface area (Å²) < 4.78 is 0. The number of aliphatic imine (C=N–C) groups is 1. The van der Waals surface area contributed by atoms with Crippen molar-refractivity contribution in [3.8, 4) is 0 Å². The first-order valence-corrected chi connectivity index (χ1v) is 13.7. The molecule has 0 saturated carbocycles. The van der Waals surface area contributed by atoms with Crippen molar-refractivity contribution < 1.29 is 4.79 Å². The van der Waals surface area contributed by atoms with Crippen LogP contribution in [-0.4, -0.2) is 73.7 Å². The van der Waals surface area contributed by atoms with Gasteiger partial charge in [0.15, 0.2) is 0 Å². The quantitative estimate of drug-likeness (QED) is 0.255. The smallest absolute Gasteiger partial charge is 0.204 e. The number of allylic oxidation sites excluding steroid dienone is 2. The molecule has 1 aliphatic rings. The Morgan fingerprint density at radius 2 is 1.18 bits per heavy atom. The number of hydrogen-bond acceptors (Lipinski definition) is 8. The number of nitrogens with two attached hydrogens (primary N) is 1. The van der Waals surface area contributed by atoms with E-state index in [9.17, 15) is 4.79 Å². The third kappa shape index (κ3) is 8.75. The predicted octanol–water partition coefficient (Wildman–Crippen LogP) is 4.69. The number of benzene rings is 2. The van der Waals surface area contributed by atoms with Gasteiger partial charge in [0.05, 0.1) is 22.8 Å². The topological polar surface area (TPSA) is 98.0 Å². The molecule has 38 heavy (non-hydrogen) atoms. The van der Waals surface area contributed by atoms with Gasteiger partial charge in [-0.2, -0.15) is 0 Å². The van der Waals surface area contributed by atoms with Crippen molar-refractivity contribution in [1.82, 2.24) is 9.80 Å². The number of nitrogens with one attached hydrogen (secondary N) is 3. The third-order valence-electron chi connectivity index (χ3n) is 6.71. The van der Waals surface area contributed by atoms with E-state index in [1.54, 1.807) is 6.08 Å². The average molecular weight is 518 g/mol. The number of rotatable bonds is 15. The van der Waals surface area contributed by atoms with Gasteiger partial charge < -0.3 is 31.5 Å². The largest absolute Gasteiger partial charge is 0.397 e. The molecule has 0 amide bonds. The molecule has 2 aromatic carbocycles. The first-order valence-electron chi connectivity index (χ1n) is 13.7. The zero-order valence-corrected chi connectivity index (χ0v) is 23.3. The lowest BCUT2D eigenvalue weighted by Crippen LogP contribution is -2.28. The fourth-order valence-corrected chi connectivity index (χ4v) is 4.19. The van der Waals surface area contributed by atoms with E-state index in [1.165, 1.54) is 6.08 Å². The second-order valence-electron chi connectivity index (χ2n) is 9.18. The minimum atomic E-state index is -0.171. The van der Waals surface area contributed by atoms with Crippen LogP contribution in [0.15, 0.2) is 77.1 Å². The van der Waals surface area contributed by atoms with Gasteiger partial charge in [0, 0.05) is 49.3 Å². The van der Waals surface area contributed by atoms with Gasteiger partial charge >= 0.3 is 0 Å². The molecular formula is C30H43N7O. The zero-order valence-electron chi connectivity index (χ0n) is 23.3. The van der Waals surface area contributed by atoms with Gasteiger partial charge in [-0.15, -0.1) is 0 Å². The molecule has 0 saturated heterocycles. The van der Waals surface area contributed by atoms with Crippen LogP contribution in [0.4, 0.5) is 22.7 Å². The van der Waals surface area contributed by atoms with Crippen molar-refractivity contribution in [2.75, 3.05) is 68.3 Å². The molecule has 2 aromatic rings. The van der Waals surface area contributed by atoms with Gasteiger partial charge in [0.1, 0.15) is 0 Å². The summed E-state index contributed by atoms with van der Waals surface area (Å²) >= 11 is 0. The predicted molar refractivity (Wildman–Crippen MR) is 162 cm³/mol. The molecule has 5 N–H and O–H groups in total. The molecule has 0 aromatic heterocycles. The minimum absolute atomic E-state index is 0.171. The van der Waals surface area contributed by atoms with Crippen LogP contribution in [0, 0.1) is 0 Å². The van der Waals surface area contributed by atoms with Gasteiger partial charge in [-0.3, -0.25) is 4.79 Å². The first kappa shape index (κ1) is 28.9. The Morgan fingerprint density at radius 1 is 0.711 bits per heavy atom. The van der Waals surface area contributed by atoms with Crippen LogP contribution < -0.4 is 21.7 Å². The van der Waals surface area contributed by atoms with Gasteiger partial charge in [-0.1, -0.05) is 27.7 Å². The van der Waals surface area contributed by atoms with Crippen LogP contribution in [0.1, 0.15) is 27.7 Å². The van der Waals surface area contributed by atoms with Gasteiger partial charge in [-0.25, -0.2) is 4.99 Å². The number of likely N-dealkylation sites (N-methyl/N-ethyl adjacent to an activating group) is 2. The van der Waals surface area contributed by atoms with E-state index in [0.717, 1.165) is 75.1 Å². The number of carbonyl (C=O) groups is 1. The molecular weight excluding hydrogens is 474 g/mol. The maximum absolute atomic E-state index is 12.6.